The largest absolute Gasteiger partial charge is 0.384 e. The summed E-state index contributed by atoms with van der Waals surface area (Å²) >= 11 is 1.70. The molecule has 1 aliphatic rings. The average Bonchev–Trinajstić information content (AvgIpc) is 2.48. The van der Waals surface area contributed by atoms with Gasteiger partial charge in [0.05, 0.1) is 13.2 Å². The molecule has 1 unspecified atom stereocenters. The van der Waals surface area contributed by atoms with Crippen LogP contribution < -0.4 is 0 Å². The number of hydrogen-bond acceptors (Lipinski definition) is 4. The summed E-state index contributed by atoms with van der Waals surface area (Å²) in [5.74, 6) is 0.788. The van der Waals surface area contributed by atoms with Crippen LogP contribution in [-0.2, 0) is 4.74 Å². The Labute approximate surface area is 125 Å². The van der Waals surface area contributed by atoms with Crippen molar-refractivity contribution >= 4 is 17.5 Å². The highest BCUT2D eigenvalue weighted by Gasteiger charge is 2.21. The number of thioether (sulfide) groups is 1. The van der Waals surface area contributed by atoms with Crippen molar-refractivity contribution in [2.24, 2.45) is 5.92 Å². The van der Waals surface area contributed by atoms with Gasteiger partial charge < -0.3 is 4.74 Å². The second-order valence-corrected chi connectivity index (χ2v) is 6.23. The van der Waals surface area contributed by atoms with Crippen LogP contribution in [0, 0.1) is 5.92 Å². The zero-order valence-electron chi connectivity index (χ0n) is 12.3. The Morgan fingerprint density at radius 2 is 2.15 bits per heavy atom. The predicted octanol–water partition coefficient (Wildman–Crippen LogP) is 2.95. The summed E-state index contributed by atoms with van der Waals surface area (Å²) in [4.78, 5) is 15.8. The maximum Gasteiger partial charge on any atom is 0.176 e. The normalized spacial score (nSPS) is 20.0. The summed E-state index contributed by atoms with van der Waals surface area (Å²) in [5, 5.41) is 0. The molecular weight excluding hydrogens is 270 g/mol. The molecule has 0 saturated carbocycles. The van der Waals surface area contributed by atoms with Gasteiger partial charge in [-0.05, 0) is 43.7 Å². The number of rotatable bonds is 6. The molecule has 1 aromatic rings. The Morgan fingerprint density at radius 1 is 1.40 bits per heavy atom. The lowest BCUT2D eigenvalue weighted by Crippen LogP contribution is -2.40. The van der Waals surface area contributed by atoms with Crippen molar-refractivity contribution in [2.45, 2.75) is 17.7 Å². The highest BCUT2D eigenvalue weighted by atomic mass is 32.2. The van der Waals surface area contributed by atoms with Crippen molar-refractivity contribution in [3.8, 4) is 0 Å². The third kappa shape index (κ3) is 4.33. The van der Waals surface area contributed by atoms with Gasteiger partial charge in [0.15, 0.2) is 5.78 Å². The molecule has 1 fully saturated rings. The van der Waals surface area contributed by atoms with Crippen LogP contribution in [0.15, 0.2) is 29.2 Å². The van der Waals surface area contributed by atoms with E-state index in [0.29, 0.717) is 12.5 Å². The fourth-order valence-corrected chi connectivity index (χ4v) is 3.15. The Morgan fingerprint density at radius 3 is 2.80 bits per heavy atom. The van der Waals surface area contributed by atoms with Gasteiger partial charge in [0.25, 0.3) is 0 Å². The molecule has 0 aliphatic carbocycles. The Bertz CT molecular complexity index is 431. The molecule has 0 amide bonds. The van der Waals surface area contributed by atoms with Crippen molar-refractivity contribution in [3.63, 3.8) is 0 Å². The second kappa shape index (κ2) is 7.81. The van der Waals surface area contributed by atoms with Gasteiger partial charge in [-0.15, -0.1) is 11.8 Å². The van der Waals surface area contributed by atoms with Gasteiger partial charge in [0.1, 0.15) is 0 Å². The quantitative estimate of drug-likeness (QED) is 0.596. The molecule has 4 heteroatoms. The summed E-state index contributed by atoms with van der Waals surface area (Å²) in [6.07, 6.45) is 4.41. The topological polar surface area (TPSA) is 29.5 Å². The van der Waals surface area contributed by atoms with Gasteiger partial charge in [-0.3, -0.25) is 9.69 Å². The molecule has 0 N–H and O–H groups in total. The van der Waals surface area contributed by atoms with Crippen LogP contribution in [0.2, 0.25) is 0 Å². The number of ether oxygens (including phenoxy) is 1. The predicted molar refractivity (Wildman–Crippen MR) is 83.6 cm³/mol. The number of carbonyl (C=O) groups is 1. The van der Waals surface area contributed by atoms with Crippen molar-refractivity contribution in [3.05, 3.63) is 29.8 Å². The summed E-state index contributed by atoms with van der Waals surface area (Å²) in [5.41, 5.74) is 0.816. The van der Waals surface area contributed by atoms with Crippen LogP contribution in [0.1, 0.15) is 23.2 Å². The summed E-state index contributed by atoms with van der Waals surface area (Å²) in [6, 6.07) is 7.90. The highest BCUT2D eigenvalue weighted by Crippen LogP contribution is 2.18. The third-order valence-corrected chi connectivity index (χ3v) is 4.53. The molecule has 1 atom stereocenters. The van der Waals surface area contributed by atoms with Gasteiger partial charge in [-0.1, -0.05) is 12.1 Å². The minimum absolute atomic E-state index is 0.218. The molecule has 110 valence electrons. The van der Waals surface area contributed by atoms with Crippen LogP contribution in [0.25, 0.3) is 0 Å². The fraction of sp³-hybridized carbons (Fsp3) is 0.562. The van der Waals surface area contributed by atoms with Crippen molar-refractivity contribution in [2.75, 3.05) is 39.6 Å². The number of benzene rings is 1. The number of methoxy groups -OCH3 is 1. The lowest BCUT2D eigenvalue weighted by Gasteiger charge is -2.31. The van der Waals surface area contributed by atoms with Gasteiger partial charge in [0, 0.05) is 24.1 Å². The fourth-order valence-electron chi connectivity index (χ4n) is 2.74. The number of piperidine rings is 1. The maximum absolute atomic E-state index is 12.3. The third-order valence-electron chi connectivity index (χ3n) is 3.78. The number of hydrogen-bond donors (Lipinski definition) is 0. The molecule has 2 rings (SSSR count). The van der Waals surface area contributed by atoms with E-state index in [1.807, 2.05) is 30.5 Å². The molecule has 20 heavy (non-hydrogen) atoms. The summed E-state index contributed by atoms with van der Waals surface area (Å²) in [7, 11) is 1.75. The first kappa shape index (κ1) is 15.5. The van der Waals surface area contributed by atoms with Crippen molar-refractivity contribution in [1.82, 2.24) is 4.90 Å². The van der Waals surface area contributed by atoms with Gasteiger partial charge in [-0.25, -0.2) is 0 Å². The molecule has 0 radical (unpaired) electrons. The van der Waals surface area contributed by atoms with Crippen LogP contribution >= 0.6 is 11.8 Å². The van der Waals surface area contributed by atoms with E-state index < -0.39 is 0 Å². The molecule has 1 heterocycles. The summed E-state index contributed by atoms with van der Waals surface area (Å²) < 4.78 is 5.23. The monoisotopic (exact) mass is 293 g/mol. The first-order valence-electron chi connectivity index (χ1n) is 7.11. The van der Waals surface area contributed by atoms with E-state index >= 15 is 0 Å². The zero-order chi connectivity index (χ0) is 14.4. The number of likely N-dealkylation sites (tertiary alicyclic amines) is 1. The van der Waals surface area contributed by atoms with E-state index in [1.165, 1.54) is 11.3 Å². The average molecular weight is 293 g/mol. The first-order valence-corrected chi connectivity index (χ1v) is 8.34. The SMILES string of the molecule is COCC1CCCN(CC(=O)c2ccc(SC)cc2)C1. The number of carbonyl (C=O) groups excluding carboxylic acids is 1. The number of Topliss-reactive ketones (excluding diaryl/α,β-unsaturated/α-hetero) is 1. The molecule has 1 saturated heterocycles. The van der Waals surface area contributed by atoms with E-state index in [1.54, 1.807) is 18.9 Å². The standard InChI is InChI=1S/C16H23NO2S/c1-19-12-13-4-3-9-17(10-13)11-16(18)14-5-7-15(20-2)8-6-14/h5-8,13H,3-4,9-12H2,1-2H3. The first-order chi connectivity index (χ1) is 9.72. The molecule has 3 nitrogen and oxygen atoms in total. The van der Waals surface area contributed by atoms with Crippen LogP contribution in [-0.4, -0.2) is 50.3 Å². The minimum Gasteiger partial charge on any atom is -0.384 e. The Hall–Kier alpha value is -0.840. The van der Waals surface area contributed by atoms with Crippen molar-refractivity contribution < 1.29 is 9.53 Å². The number of ketones is 1. The van der Waals surface area contributed by atoms with E-state index in [9.17, 15) is 4.79 Å². The second-order valence-electron chi connectivity index (χ2n) is 5.35. The molecule has 0 aromatic heterocycles. The molecule has 1 aliphatic heterocycles. The lowest BCUT2D eigenvalue weighted by molar-refractivity contribution is 0.0758. The molecule has 1 aromatic carbocycles. The van der Waals surface area contributed by atoms with E-state index in [4.69, 9.17) is 4.74 Å². The Kier molecular flexibility index (Phi) is 6.07. The van der Waals surface area contributed by atoms with Crippen LogP contribution in [0.5, 0.6) is 0 Å². The van der Waals surface area contributed by atoms with Gasteiger partial charge in [-0.2, -0.15) is 0 Å². The minimum atomic E-state index is 0.218. The van der Waals surface area contributed by atoms with Crippen molar-refractivity contribution in [1.29, 1.82) is 0 Å². The molecule has 0 bridgehead atoms. The van der Waals surface area contributed by atoms with E-state index in [2.05, 4.69) is 4.90 Å². The van der Waals surface area contributed by atoms with Crippen LogP contribution in [0.3, 0.4) is 0 Å². The van der Waals surface area contributed by atoms with Gasteiger partial charge in [0.2, 0.25) is 0 Å². The maximum atomic E-state index is 12.3. The summed E-state index contributed by atoms with van der Waals surface area (Å²) in [6.45, 7) is 3.32. The van der Waals surface area contributed by atoms with E-state index in [0.717, 1.165) is 31.7 Å². The number of nitrogens with zero attached hydrogens (tertiary/aromatic N) is 1. The zero-order valence-corrected chi connectivity index (χ0v) is 13.1. The Balaban J connectivity index is 1.89. The highest BCUT2D eigenvalue weighted by molar-refractivity contribution is 7.98. The van der Waals surface area contributed by atoms with Crippen LogP contribution in [0.4, 0.5) is 0 Å². The smallest absolute Gasteiger partial charge is 0.176 e. The van der Waals surface area contributed by atoms with E-state index in [-0.39, 0.29) is 5.78 Å². The molecule has 0 spiro atoms. The lowest BCUT2D eigenvalue weighted by atomic mass is 9.98. The van der Waals surface area contributed by atoms with Gasteiger partial charge >= 0.3 is 0 Å². The molecular formula is C16H23NO2S.